The molecule has 0 saturated carbocycles. The molecule has 1 fully saturated rings. The van der Waals surface area contributed by atoms with Crippen molar-refractivity contribution < 1.29 is 4.74 Å². The second-order valence-corrected chi connectivity index (χ2v) is 5.43. The van der Waals surface area contributed by atoms with E-state index in [9.17, 15) is 0 Å². The van der Waals surface area contributed by atoms with Crippen LogP contribution in [-0.2, 0) is 4.74 Å². The number of anilines is 1. The van der Waals surface area contributed by atoms with Crippen LogP contribution in [0.1, 0.15) is 18.4 Å². The molecule has 0 aromatic heterocycles. The zero-order valence-corrected chi connectivity index (χ0v) is 11.6. The Balaban J connectivity index is 2.14. The lowest BCUT2D eigenvalue weighted by Gasteiger charge is -2.25. The van der Waals surface area contributed by atoms with E-state index in [0.717, 1.165) is 41.2 Å². The molecule has 2 rings (SSSR count). The van der Waals surface area contributed by atoms with Crippen LogP contribution < -0.4 is 5.32 Å². The van der Waals surface area contributed by atoms with Crippen molar-refractivity contribution in [3.8, 4) is 0 Å². The molecule has 88 valence electrons. The maximum absolute atomic E-state index is 6.23. The van der Waals surface area contributed by atoms with E-state index in [2.05, 4.69) is 34.2 Å². The van der Waals surface area contributed by atoms with E-state index in [0.29, 0.717) is 6.04 Å². The van der Waals surface area contributed by atoms with Crippen molar-refractivity contribution in [1.82, 2.24) is 0 Å². The van der Waals surface area contributed by atoms with Crippen molar-refractivity contribution in [2.75, 3.05) is 18.5 Å². The van der Waals surface area contributed by atoms with E-state index < -0.39 is 0 Å². The Morgan fingerprint density at radius 2 is 2.06 bits per heavy atom. The normalized spacial score (nSPS) is 17.4. The van der Waals surface area contributed by atoms with Crippen molar-refractivity contribution in [2.24, 2.45) is 0 Å². The fourth-order valence-electron chi connectivity index (χ4n) is 1.93. The van der Waals surface area contributed by atoms with Crippen LogP contribution in [0.15, 0.2) is 16.6 Å². The fraction of sp³-hybridized carbons (Fsp3) is 0.500. The Kier molecular flexibility index (Phi) is 4.11. The van der Waals surface area contributed by atoms with E-state index in [-0.39, 0.29) is 0 Å². The van der Waals surface area contributed by atoms with E-state index >= 15 is 0 Å². The van der Waals surface area contributed by atoms with Gasteiger partial charge < -0.3 is 10.1 Å². The molecule has 1 N–H and O–H groups in total. The molecule has 2 nitrogen and oxygen atoms in total. The third-order valence-electron chi connectivity index (χ3n) is 2.82. The first-order valence-electron chi connectivity index (χ1n) is 5.47. The smallest absolute Gasteiger partial charge is 0.0651 e. The van der Waals surface area contributed by atoms with Crippen LogP contribution in [0.5, 0.6) is 0 Å². The third kappa shape index (κ3) is 2.90. The highest BCUT2D eigenvalue weighted by molar-refractivity contribution is 9.10. The molecule has 0 radical (unpaired) electrons. The predicted octanol–water partition coefficient (Wildman–Crippen LogP) is 4.00. The average molecular weight is 305 g/mol. The summed E-state index contributed by atoms with van der Waals surface area (Å²) in [6.45, 7) is 3.74. The van der Waals surface area contributed by atoms with Crippen LogP contribution in [0, 0.1) is 6.92 Å². The first kappa shape index (κ1) is 12.2. The third-order valence-corrected chi connectivity index (χ3v) is 3.58. The number of aryl methyl sites for hydroxylation is 1. The molecule has 0 aliphatic carbocycles. The monoisotopic (exact) mass is 303 g/mol. The van der Waals surface area contributed by atoms with Gasteiger partial charge in [0.25, 0.3) is 0 Å². The molecule has 4 heteroatoms. The molecule has 1 aliphatic heterocycles. The maximum atomic E-state index is 6.23. The van der Waals surface area contributed by atoms with Crippen molar-refractivity contribution >= 4 is 33.2 Å². The summed E-state index contributed by atoms with van der Waals surface area (Å²) in [6, 6.07) is 4.48. The Labute approximate surface area is 109 Å². The highest BCUT2D eigenvalue weighted by Crippen LogP contribution is 2.31. The molecule has 16 heavy (non-hydrogen) atoms. The van der Waals surface area contributed by atoms with Crippen molar-refractivity contribution in [1.29, 1.82) is 0 Å². The summed E-state index contributed by atoms with van der Waals surface area (Å²) in [5, 5.41) is 4.29. The van der Waals surface area contributed by atoms with Gasteiger partial charge >= 0.3 is 0 Å². The first-order valence-corrected chi connectivity index (χ1v) is 6.64. The second kappa shape index (κ2) is 5.39. The lowest BCUT2D eigenvalue weighted by atomic mass is 10.1. The Hall–Kier alpha value is -0.250. The number of rotatable bonds is 2. The summed E-state index contributed by atoms with van der Waals surface area (Å²) < 4.78 is 6.36. The van der Waals surface area contributed by atoms with Gasteiger partial charge in [-0.05, 0) is 37.5 Å². The SMILES string of the molecule is Cc1cc(Br)cc(Cl)c1NC1CCOCC1. The maximum Gasteiger partial charge on any atom is 0.0651 e. The molecular formula is C12H15BrClNO. The number of hydrogen-bond donors (Lipinski definition) is 1. The van der Waals surface area contributed by atoms with Gasteiger partial charge in [-0.2, -0.15) is 0 Å². The second-order valence-electron chi connectivity index (χ2n) is 4.11. The van der Waals surface area contributed by atoms with Gasteiger partial charge in [0.05, 0.1) is 10.7 Å². The zero-order valence-electron chi connectivity index (χ0n) is 9.22. The minimum atomic E-state index is 0.478. The summed E-state index contributed by atoms with van der Waals surface area (Å²) in [6.07, 6.45) is 2.09. The van der Waals surface area contributed by atoms with Crippen LogP contribution in [0.2, 0.25) is 5.02 Å². The summed E-state index contributed by atoms with van der Waals surface area (Å²) in [4.78, 5) is 0. The van der Waals surface area contributed by atoms with Crippen LogP contribution in [0.3, 0.4) is 0 Å². The van der Waals surface area contributed by atoms with Gasteiger partial charge in [0, 0.05) is 23.7 Å². The van der Waals surface area contributed by atoms with Crippen LogP contribution >= 0.6 is 27.5 Å². The number of nitrogens with one attached hydrogen (secondary N) is 1. The number of ether oxygens (including phenoxy) is 1. The minimum Gasteiger partial charge on any atom is -0.381 e. The van der Waals surface area contributed by atoms with Gasteiger partial charge in [0.1, 0.15) is 0 Å². The number of benzene rings is 1. The summed E-state index contributed by atoms with van der Waals surface area (Å²) in [7, 11) is 0. The quantitative estimate of drug-likeness (QED) is 0.891. The predicted molar refractivity (Wildman–Crippen MR) is 71.4 cm³/mol. The molecule has 1 aromatic rings. The molecule has 0 spiro atoms. The topological polar surface area (TPSA) is 21.3 Å². The fourth-order valence-corrected chi connectivity index (χ4v) is 2.96. The molecule has 0 bridgehead atoms. The molecule has 0 atom stereocenters. The van der Waals surface area contributed by atoms with Gasteiger partial charge in [-0.15, -0.1) is 0 Å². The Morgan fingerprint density at radius 1 is 1.38 bits per heavy atom. The van der Waals surface area contributed by atoms with Crippen LogP contribution in [-0.4, -0.2) is 19.3 Å². The number of hydrogen-bond acceptors (Lipinski definition) is 2. The van der Waals surface area contributed by atoms with Gasteiger partial charge in [0.15, 0.2) is 0 Å². The molecule has 1 heterocycles. The van der Waals surface area contributed by atoms with E-state index in [1.54, 1.807) is 0 Å². The average Bonchev–Trinajstić information content (AvgIpc) is 2.25. The Morgan fingerprint density at radius 3 is 2.69 bits per heavy atom. The van der Waals surface area contributed by atoms with Crippen LogP contribution in [0.25, 0.3) is 0 Å². The van der Waals surface area contributed by atoms with Gasteiger partial charge in [-0.25, -0.2) is 0 Å². The molecule has 1 saturated heterocycles. The molecular weight excluding hydrogens is 289 g/mol. The van der Waals surface area contributed by atoms with E-state index in [1.807, 2.05) is 6.07 Å². The lowest BCUT2D eigenvalue weighted by Crippen LogP contribution is -2.28. The molecule has 0 unspecified atom stereocenters. The Bertz CT molecular complexity index is 354. The summed E-state index contributed by atoms with van der Waals surface area (Å²) in [5.74, 6) is 0. The van der Waals surface area contributed by atoms with Crippen molar-refractivity contribution in [3.63, 3.8) is 0 Å². The van der Waals surface area contributed by atoms with Crippen molar-refractivity contribution in [2.45, 2.75) is 25.8 Å². The summed E-state index contributed by atoms with van der Waals surface area (Å²) >= 11 is 9.67. The van der Waals surface area contributed by atoms with Gasteiger partial charge in [-0.1, -0.05) is 27.5 Å². The largest absolute Gasteiger partial charge is 0.381 e. The van der Waals surface area contributed by atoms with E-state index in [1.165, 1.54) is 5.56 Å². The van der Waals surface area contributed by atoms with Gasteiger partial charge in [-0.3, -0.25) is 0 Å². The molecule has 0 amide bonds. The van der Waals surface area contributed by atoms with Crippen LogP contribution in [0.4, 0.5) is 5.69 Å². The molecule has 1 aliphatic rings. The number of halogens is 2. The first-order chi connectivity index (χ1) is 7.66. The summed E-state index contributed by atoms with van der Waals surface area (Å²) in [5.41, 5.74) is 2.22. The highest BCUT2D eigenvalue weighted by Gasteiger charge is 2.15. The molecule has 1 aromatic carbocycles. The van der Waals surface area contributed by atoms with Gasteiger partial charge in [0.2, 0.25) is 0 Å². The standard InChI is InChI=1S/C12H15BrClNO/c1-8-6-9(13)7-11(14)12(8)15-10-2-4-16-5-3-10/h6-7,10,15H,2-5H2,1H3. The van der Waals surface area contributed by atoms with E-state index in [4.69, 9.17) is 16.3 Å². The van der Waals surface area contributed by atoms with Crippen molar-refractivity contribution in [3.05, 3.63) is 27.2 Å². The highest BCUT2D eigenvalue weighted by atomic mass is 79.9. The minimum absolute atomic E-state index is 0.478. The zero-order chi connectivity index (χ0) is 11.5. The lowest BCUT2D eigenvalue weighted by molar-refractivity contribution is 0.0904.